The summed E-state index contributed by atoms with van der Waals surface area (Å²) in [5.41, 5.74) is 0. The van der Waals surface area contributed by atoms with Gasteiger partial charge in [0.1, 0.15) is 0 Å². The van der Waals surface area contributed by atoms with E-state index in [4.69, 9.17) is 9.47 Å². The average Bonchev–Trinajstić information content (AvgIpc) is 2.36. The highest BCUT2D eigenvalue weighted by Gasteiger charge is 2.41. The molecule has 0 N–H and O–H groups in total. The number of halogens is 3. The molecule has 0 saturated carbocycles. The second-order valence-electron chi connectivity index (χ2n) is 4.13. The average molecular weight is 378 g/mol. The van der Waals surface area contributed by atoms with Gasteiger partial charge in [-0.25, -0.2) is 4.79 Å². The van der Waals surface area contributed by atoms with Gasteiger partial charge < -0.3 is 14.2 Å². The number of esters is 1. The molecule has 1 fully saturated rings. The van der Waals surface area contributed by atoms with Crippen LogP contribution in [0.25, 0.3) is 0 Å². The lowest BCUT2D eigenvalue weighted by molar-refractivity contribution is -0.173. The molecule has 2 atom stereocenters. The SMILES string of the molecule is COC(=O)C(F)(F)CC(I)COC1CCCCO1. The minimum Gasteiger partial charge on any atom is -0.465 e. The second-order valence-corrected chi connectivity index (χ2v) is 5.89. The van der Waals surface area contributed by atoms with Crippen LogP contribution in [0.1, 0.15) is 25.7 Å². The van der Waals surface area contributed by atoms with Gasteiger partial charge in [-0.05, 0) is 19.3 Å². The maximum atomic E-state index is 13.3. The molecule has 106 valence electrons. The molecule has 0 aliphatic carbocycles. The Morgan fingerprint density at radius 2 is 2.28 bits per heavy atom. The van der Waals surface area contributed by atoms with E-state index in [0.717, 1.165) is 26.4 Å². The molecular formula is C11H17F2IO4. The Morgan fingerprint density at radius 3 is 2.83 bits per heavy atom. The van der Waals surface area contributed by atoms with E-state index < -0.39 is 22.2 Å². The van der Waals surface area contributed by atoms with Crippen molar-refractivity contribution in [2.75, 3.05) is 20.3 Å². The molecule has 7 heteroatoms. The summed E-state index contributed by atoms with van der Waals surface area (Å²) in [6.45, 7) is 0.784. The highest BCUT2D eigenvalue weighted by molar-refractivity contribution is 14.1. The molecule has 0 spiro atoms. The quantitative estimate of drug-likeness (QED) is 0.405. The largest absolute Gasteiger partial charge is 0.465 e. The van der Waals surface area contributed by atoms with Crippen LogP contribution < -0.4 is 0 Å². The normalized spacial score (nSPS) is 22.6. The maximum absolute atomic E-state index is 13.3. The Kier molecular flexibility index (Phi) is 6.72. The van der Waals surface area contributed by atoms with Gasteiger partial charge in [0.25, 0.3) is 0 Å². The summed E-state index contributed by atoms with van der Waals surface area (Å²) in [7, 11) is 0.949. The van der Waals surface area contributed by atoms with Crippen LogP contribution in [-0.4, -0.2) is 42.4 Å². The third-order valence-electron chi connectivity index (χ3n) is 2.56. The number of hydrogen-bond donors (Lipinski definition) is 0. The molecule has 4 nitrogen and oxygen atoms in total. The van der Waals surface area contributed by atoms with Crippen LogP contribution in [0.15, 0.2) is 0 Å². The molecule has 0 aromatic heterocycles. The van der Waals surface area contributed by atoms with Crippen LogP contribution in [0.4, 0.5) is 8.78 Å². The minimum atomic E-state index is -3.46. The van der Waals surface area contributed by atoms with Gasteiger partial charge in [0, 0.05) is 17.0 Å². The maximum Gasteiger partial charge on any atom is 0.376 e. The highest BCUT2D eigenvalue weighted by atomic mass is 127. The van der Waals surface area contributed by atoms with Gasteiger partial charge >= 0.3 is 11.9 Å². The fourth-order valence-electron chi connectivity index (χ4n) is 1.62. The third kappa shape index (κ3) is 5.31. The predicted octanol–water partition coefficient (Wildman–Crippen LogP) is 2.53. The molecule has 1 heterocycles. The monoisotopic (exact) mass is 378 g/mol. The second kappa shape index (κ2) is 7.54. The topological polar surface area (TPSA) is 44.8 Å². The first kappa shape index (κ1) is 16.0. The zero-order chi connectivity index (χ0) is 13.6. The summed E-state index contributed by atoms with van der Waals surface area (Å²) in [6, 6.07) is 0. The van der Waals surface area contributed by atoms with Crippen molar-refractivity contribution in [2.45, 2.75) is 41.8 Å². The molecule has 0 amide bonds. The molecular weight excluding hydrogens is 361 g/mol. The molecule has 2 unspecified atom stereocenters. The summed E-state index contributed by atoms with van der Waals surface area (Å²) in [6.07, 6.45) is 1.93. The first-order valence-electron chi connectivity index (χ1n) is 5.79. The third-order valence-corrected chi connectivity index (χ3v) is 3.36. The Hall–Kier alpha value is -0.0200. The molecule has 0 bridgehead atoms. The van der Waals surface area contributed by atoms with Crippen molar-refractivity contribution in [1.82, 2.24) is 0 Å². The van der Waals surface area contributed by atoms with Gasteiger partial charge in [-0.15, -0.1) is 0 Å². The lowest BCUT2D eigenvalue weighted by Gasteiger charge is -2.24. The Morgan fingerprint density at radius 1 is 1.56 bits per heavy atom. The zero-order valence-corrected chi connectivity index (χ0v) is 12.3. The van der Waals surface area contributed by atoms with Crippen LogP contribution in [0, 0.1) is 0 Å². The van der Waals surface area contributed by atoms with E-state index in [9.17, 15) is 13.6 Å². The standard InChI is InChI=1S/C11H17F2IO4/c1-16-10(15)11(12,13)6-8(14)7-18-9-4-2-3-5-17-9/h8-9H,2-7H2,1H3. The minimum absolute atomic E-state index is 0.137. The van der Waals surface area contributed by atoms with Crippen molar-refractivity contribution in [1.29, 1.82) is 0 Å². The van der Waals surface area contributed by atoms with Gasteiger partial charge in [0.15, 0.2) is 6.29 Å². The van der Waals surface area contributed by atoms with E-state index in [-0.39, 0.29) is 12.9 Å². The predicted molar refractivity (Wildman–Crippen MR) is 68.9 cm³/mol. The Bertz CT molecular complexity index is 270. The van der Waals surface area contributed by atoms with Gasteiger partial charge in [-0.2, -0.15) is 8.78 Å². The number of methoxy groups -OCH3 is 1. The van der Waals surface area contributed by atoms with Crippen molar-refractivity contribution in [3.05, 3.63) is 0 Å². The van der Waals surface area contributed by atoms with Crippen LogP contribution >= 0.6 is 22.6 Å². The van der Waals surface area contributed by atoms with E-state index in [2.05, 4.69) is 4.74 Å². The highest BCUT2D eigenvalue weighted by Crippen LogP contribution is 2.26. The van der Waals surface area contributed by atoms with Crippen molar-refractivity contribution in [3.63, 3.8) is 0 Å². The molecule has 0 aromatic carbocycles. The number of rotatable bonds is 6. The fourth-order valence-corrected chi connectivity index (χ4v) is 2.38. The summed E-state index contributed by atoms with van der Waals surface area (Å²) < 4.78 is 40.8. The molecule has 18 heavy (non-hydrogen) atoms. The van der Waals surface area contributed by atoms with E-state index in [1.54, 1.807) is 0 Å². The smallest absolute Gasteiger partial charge is 0.376 e. The zero-order valence-electron chi connectivity index (χ0n) is 10.2. The molecule has 1 aliphatic heterocycles. The number of ether oxygens (including phenoxy) is 3. The first-order chi connectivity index (χ1) is 8.45. The Balaban J connectivity index is 2.27. The summed E-state index contributed by atoms with van der Waals surface area (Å²) in [5, 5.41) is 0. The summed E-state index contributed by atoms with van der Waals surface area (Å²) >= 11 is 1.84. The van der Waals surface area contributed by atoms with Crippen molar-refractivity contribution < 1.29 is 27.8 Å². The van der Waals surface area contributed by atoms with Gasteiger partial charge in [-0.1, -0.05) is 22.6 Å². The van der Waals surface area contributed by atoms with Crippen LogP contribution in [-0.2, 0) is 19.0 Å². The van der Waals surface area contributed by atoms with Crippen molar-refractivity contribution >= 4 is 28.6 Å². The number of carbonyl (C=O) groups excluding carboxylic acids is 1. The van der Waals surface area contributed by atoms with E-state index >= 15 is 0 Å². The number of hydrogen-bond acceptors (Lipinski definition) is 4. The van der Waals surface area contributed by atoms with E-state index in [0.29, 0.717) is 6.61 Å². The molecule has 1 aliphatic rings. The molecule has 0 radical (unpaired) electrons. The number of alkyl halides is 3. The molecule has 0 aromatic rings. The fraction of sp³-hybridized carbons (Fsp3) is 0.909. The van der Waals surface area contributed by atoms with Crippen molar-refractivity contribution in [3.8, 4) is 0 Å². The molecule has 1 rings (SSSR count). The number of carbonyl (C=O) groups is 1. The van der Waals surface area contributed by atoms with Crippen LogP contribution in [0.3, 0.4) is 0 Å². The Labute approximate surface area is 118 Å². The van der Waals surface area contributed by atoms with Gasteiger partial charge in [0.05, 0.1) is 13.7 Å². The van der Waals surface area contributed by atoms with Crippen LogP contribution in [0.5, 0.6) is 0 Å². The summed E-state index contributed by atoms with van der Waals surface area (Å²) in [4.78, 5) is 10.8. The lowest BCUT2D eigenvalue weighted by atomic mass is 10.2. The van der Waals surface area contributed by atoms with E-state index in [1.807, 2.05) is 22.6 Å². The summed E-state index contributed by atoms with van der Waals surface area (Å²) in [5.74, 6) is -4.96. The van der Waals surface area contributed by atoms with Gasteiger partial charge in [-0.3, -0.25) is 0 Å². The van der Waals surface area contributed by atoms with Gasteiger partial charge in [0.2, 0.25) is 0 Å². The van der Waals surface area contributed by atoms with Crippen molar-refractivity contribution in [2.24, 2.45) is 0 Å². The lowest BCUT2D eigenvalue weighted by Crippen LogP contribution is -2.34. The first-order valence-corrected chi connectivity index (χ1v) is 7.04. The van der Waals surface area contributed by atoms with E-state index in [1.165, 1.54) is 0 Å². The van der Waals surface area contributed by atoms with Crippen LogP contribution in [0.2, 0.25) is 0 Å². The molecule has 1 saturated heterocycles.